The van der Waals surface area contributed by atoms with Crippen molar-refractivity contribution in [1.29, 1.82) is 0 Å². The molecule has 1 atom stereocenters. The molecule has 0 aromatic heterocycles. The first-order chi connectivity index (χ1) is 4.49. The molecular formula is C8H20N2. The van der Waals surface area contributed by atoms with Crippen LogP contribution >= 0.6 is 0 Å². The van der Waals surface area contributed by atoms with Gasteiger partial charge in [-0.3, -0.25) is 0 Å². The van der Waals surface area contributed by atoms with Gasteiger partial charge in [0.1, 0.15) is 0 Å². The molecule has 0 aromatic carbocycles. The van der Waals surface area contributed by atoms with Gasteiger partial charge in [0.05, 0.1) is 0 Å². The molecule has 0 aliphatic heterocycles. The number of hydrogen-bond acceptors (Lipinski definition) is 2. The molecule has 0 radical (unpaired) electrons. The highest BCUT2D eigenvalue weighted by Crippen LogP contribution is 2.15. The molecule has 62 valence electrons. The number of rotatable bonds is 4. The van der Waals surface area contributed by atoms with Crippen molar-refractivity contribution in [3.05, 3.63) is 0 Å². The third kappa shape index (κ3) is 4.77. The molecule has 0 saturated carbocycles. The largest absolute Gasteiger partial charge is 0.330 e. The molecule has 0 aliphatic carbocycles. The molecule has 0 spiro atoms. The Balaban J connectivity index is 3.63. The standard InChI is InChI=1S/C8H20N2/c1-4-7(6-9)5-8(2,3)10/h7H,4-6,9-10H2,1-3H3. The maximum atomic E-state index is 5.83. The first-order valence-corrected chi connectivity index (χ1v) is 3.98. The van der Waals surface area contributed by atoms with Crippen molar-refractivity contribution in [1.82, 2.24) is 0 Å². The summed E-state index contributed by atoms with van der Waals surface area (Å²) in [5.41, 5.74) is 11.3. The summed E-state index contributed by atoms with van der Waals surface area (Å²) in [6, 6.07) is 0. The van der Waals surface area contributed by atoms with Crippen molar-refractivity contribution >= 4 is 0 Å². The lowest BCUT2D eigenvalue weighted by molar-refractivity contribution is 0.358. The summed E-state index contributed by atoms with van der Waals surface area (Å²) in [6.45, 7) is 7.01. The smallest absolute Gasteiger partial charge is 0.0100 e. The van der Waals surface area contributed by atoms with Crippen molar-refractivity contribution in [3.8, 4) is 0 Å². The van der Waals surface area contributed by atoms with Crippen molar-refractivity contribution < 1.29 is 0 Å². The van der Waals surface area contributed by atoms with E-state index in [4.69, 9.17) is 11.5 Å². The van der Waals surface area contributed by atoms with Crippen LogP contribution in [0.2, 0.25) is 0 Å². The highest BCUT2D eigenvalue weighted by atomic mass is 14.7. The van der Waals surface area contributed by atoms with E-state index in [0.717, 1.165) is 19.4 Å². The lowest BCUT2D eigenvalue weighted by Gasteiger charge is -2.23. The summed E-state index contributed by atoms with van der Waals surface area (Å²) in [7, 11) is 0. The molecule has 0 aliphatic rings. The molecule has 0 bridgehead atoms. The summed E-state index contributed by atoms with van der Waals surface area (Å²) in [6.07, 6.45) is 2.16. The zero-order valence-electron chi connectivity index (χ0n) is 7.35. The second-order valence-corrected chi connectivity index (χ2v) is 3.70. The van der Waals surface area contributed by atoms with E-state index in [1.54, 1.807) is 0 Å². The maximum Gasteiger partial charge on any atom is 0.0100 e. The molecule has 2 heteroatoms. The third-order valence-corrected chi connectivity index (χ3v) is 1.73. The van der Waals surface area contributed by atoms with Crippen molar-refractivity contribution in [2.24, 2.45) is 17.4 Å². The molecule has 0 aromatic rings. The highest BCUT2D eigenvalue weighted by Gasteiger charge is 2.15. The van der Waals surface area contributed by atoms with E-state index in [2.05, 4.69) is 6.92 Å². The molecule has 4 N–H and O–H groups in total. The first kappa shape index (κ1) is 9.92. The minimum atomic E-state index is -0.0555. The first-order valence-electron chi connectivity index (χ1n) is 3.98. The van der Waals surface area contributed by atoms with E-state index in [9.17, 15) is 0 Å². The summed E-state index contributed by atoms with van der Waals surface area (Å²) >= 11 is 0. The van der Waals surface area contributed by atoms with Gasteiger partial charge < -0.3 is 11.5 Å². The second kappa shape index (κ2) is 3.94. The van der Waals surface area contributed by atoms with E-state index in [-0.39, 0.29) is 5.54 Å². The molecule has 0 fully saturated rings. The highest BCUT2D eigenvalue weighted by molar-refractivity contribution is 4.76. The lowest BCUT2D eigenvalue weighted by atomic mass is 9.90. The Morgan fingerprint density at radius 2 is 1.90 bits per heavy atom. The van der Waals surface area contributed by atoms with Gasteiger partial charge in [0.2, 0.25) is 0 Å². The fourth-order valence-electron chi connectivity index (χ4n) is 1.14. The molecule has 0 heterocycles. The van der Waals surface area contributed by atoms with E-state index < -0.39 is 0 Å². The lowest BCUT2D eigenvalue weighted by Crippen LogP contribution is -2.36. The van der Waals surface area contributed by atoms with Crippen LogP contribution in [0.3, 0.4) is 0 Å². The van der Waals surface area contributed by atoms with Gasteiger partial charge in [0.25, 0.3) is 0 Å². The predicted molar refractivity (Wildman–Crippen MR) is 45.7 cm³/mol. The van der Waals surface area contributed by atoms with Gasteiger partial charge in [0, 0.05) is 5.54 Å². The van der Waals surface area contributed by atoms with Gasteiger partial charge in [0.15, 0.2) is 0 Å². The number of hydrogen-bond donors (Lipinski definition) is 2. The molecule has 1 unspecified atom stereocenters. The van der Waals surface area contributed by atoms with Gasteiger partial charge in [-0.15, -0.1) is 0 Å². The van der Waals surface area contributed by atoms with Crippen LogP contribution in [0, 0.1) is 5.92 Å². The van der Waals surface area contributed by atoms with Gasteiger partial charge in [-0.2, -0.15) is 0 Å². The second-order valence-electron chi connectivity index (χ2n) is 3.70. The SMILES string of the molecule is CCC(CN)CC(C)(C)N. The third-order valence-electron chi connectivity index (χ3n) is 1.73. The van der Waals surface area contributed by atoms with Crippen molar-refractivity contribution in [2.75, 3.05) is 6.54 Å². The van der Waals surface area contributed by atoms with Gasteiger partial charge in [-0.25, -0.2) is 0 Å². The van der Waals surface area contributed by atoms with Gasteiger partial charge >= 0.3 is 0 Å². The molecule has 10 heavy (non-hydrogen) atoms. The fourth-order valence-corrected chi connectivity index (χ4v) is 1.14. The van der Waals surface area contributed by atoms with Crippen LogP contribution in [-0.4, -0.2) is 12.1 Å². The molecule has 0 amide bonds. The van der Waals surface area contributed by atoms with Crippen molar-refractivity contribution in [3.63, 3.8) is 0 Å². The monoisotopic (exact) mass is 144 g/mol. The summed E-state index contributed by atoms with van der Waals surface area (Å²) in [5, 5.41) is 0. The summed E-state index contributed by atoms with van der Waals surface area (Å²) in [5.74, 6) is 0.597. The Hall–Kier alpha value is -0.0800. The van der Waals surface area contributed by atoms with Crippen LogP contribution in [0.15, 0.2) is 0 Å². The van der Waals surface area contributed by atoms with E-state index in [1.165, 1.54) is 0 Å². The molecule has 2 nitrogen and oxygen atoms in total. The van der Waals surface area contributed by atoms with Crippen LogP contribution in [0.1, 0.15) is 33.6 Å². The van der Waals surface area contributed by atoms with Gasteiger partial charge in [-0.1, -0.05) is 13.3 Å². The quantitative estimate of drug-likeness (QED) is 0.620. The normalized spacial score (nSPS) is 15.3. The van der Waals surface area contributed by atoms with Crippen LogP contribution in [0.5, 0.6) is 0 Å². The topological polar surface area (TPSA) is 52.0 Å². The van der Waals surface area contributed by atoms with Gasteiger partial charge in [-0.05, 0) is 32.7 Å². The molecule has 0 rings (SSSR count). The Kier molecular flexibility index (Phi) is 3.91. The van der Waals surface area contributed by atoms with E-state index >= 15 is 0 Å². The maximum absolute atomic E-state index is 5.83. The van der Waals surface area contributed by atoms with E-state index in [1.807, 2.05) is 13.8 Å². The Labute approximate surface area is 64.0 Å². The van der Waals surface area contributed by atoms with Crippen LogP contribution in [-0.2, 0) is 0 Å². The van der Waals surface area contributed by atoms with E-state index in [0.29, 0.717) is 5.92 Å². The Bertz CT molecular complexity index is 79.7. The fraction of sp³-hybridized carbons (Fsp3) is 1.00. The molecular weight excluding hydrogens is 124 g/mol. The average molecular weight is 144 g/mol. The zero-order valence-corrected chi connectivity index (χ0v) is 7.35. The summed E-state index contributed by atoms with van der Waals surface area (Å²) < 4.78 is 0. The summed E-state index contributed by atoms with van der Waals surface area (Å²) in [4.78, 5) is 0. The Morgan fingerprint density at radius 3 is 2.00 bits per heavy atom. The zero-order chi connectivity index (χ0) is 8.20. The number of nitrogens with two attached hydrogens (primary N) is 2. The van der Waals surface area contributed by atoms with Crippen LogP contribution < -0.4 is 11.5 Å². The van der Waals surface area contributed by atoms with Crippen LogP contribution in [0.25, 0.3) is 0 Å². The predicted octanol–water partition coefficient (Wildman–Crippen LogP) is 1.10. The minimum absolute atomic E-state index is 0.0555. The Morgan fingerprint density at radius 1 is 1.40 bits per heavy atom. The average Bonchev–Trinajstić information content (AvgIpc) is 1.81. The minimum Gasteiger partial charge on any atom is -0.330 e. The van der Waals surface area contributed by atoms with Crippen molar-refractivity contribution in [2.45, 2.75) is 39.2 Å². The molecule has 0 saturated heterocycles. The van der Waals surface area contributed by atoms with Crippen LogP contribution in [0.4, 0.5) is 0 Å².